The molecule has 0 aliphatic rings. The van der Waals surface area contributed by atoms with Gasteiger partial charge in [0.05, 0.1) is 0 Å². The third-order valence-electron chi connectivity index (χ3n) is 2.86. The maximum absolute atomic E-state index is 5.59. The molecule has 1 heterocycles. The van der Waals surface area contributed by atoms with Gasteiger partial charge in [-0.3, -0.25) is 0 Å². The van der Waals surface area contributed by atoms with Crippen LogP contribution in [0.15, 0.2) is 36.5 Å². The molecule has 0 spiro atoms. The van der Waals surface area contributed by atoms with Gasteiger partial charge in [0.2, 0.25) is 0 Å². The van der Waals surface area contributed by atoms with Gasteiger partial charge in [0.15, 0.2) is 0 Å². The molecule has 1 N–H and O–H groups in total. The highest BCUT2D eigenvalue weighted by Gasteiger charge is 2.16. The fourth-order valence-electron chi connectivity index (χ4n) is 1.92. The molecular formula is C15H20N2OS. The molecule has 0 fully saturated rings. The Morgan fingerprint density at radius 1 is 1.32 bits per heavy atom. The van der Waals surface area contributed by atoms with Gasteiger partial charge in [-0.05, 0) is 18.5 Å². The highest BCUT2D eigenvalue weighted by atomic mass is 32.1. The van der Waals surface area contributed by atoms with E-state index in [1.54, 1.807) is 18.4 Å². The van der Waals surface area contributed by atoms with Crippen molar-refractivity contribution >= 4 is 11.3 Å². The second-order valence-electron chi connectivity index (χ2n) is 4.37. The predicted molar refractivity (Wildman–Crippen MR) is 79.4 cm³/mol. The lowest BCUT2D eigenvalue weighted by Gasteiger charge is -2.12. The maximum atomic E-state index is 5.59. The standard InChI is InChI=1S/C15H20N2OS/c1-3-9-16-10-13-11-17-15(19-13)14(18-2)12-7-5-4-6-8-12/h4-8,11,14,16H,3,9-10H2,1-2H3. The zero-order chi connectivity index (χ0) is 13.5. The Morgan fingerprint density at radius 3 is 2.79 bits per heavy atom. The maximum Gasteiger partial charge on any atom is 0.134 e. The van der Waals surface area contributed by atoms with E-state index in [1.165, 1.54) is 4.88 Å². The van der Waals surface area contributed by atoms with E-state index >= 15 is 0 Å². The van der Waals surface area contributed by atoms with Crippen molar-refractivity contribution in [2.45, 2.75) is 26.0 Å². The largest absolute Gasteiger partial charge is 0.370 e. The van der Waals surface area contributed by atoms with Crippen LogP contribution in [-0.4, -0.2) is 18.6 Å². The van der Waals surface area contributed by atoms with E-state index in [4.69, 9.17) is 4.74 Å². The first kappa shape index (κ1) is 14.2. The van der Waals surface area contributed by atoms with Gasteiger partial charge in [-0.2, -0.15) is 0 Å². The fraction of sp³-hybridized carbons (Fsp3) is 0.400. The number of benzene rings is 1. The molecule has 102 valence electrons. The number of aromatic nitrogens is 1. The number of hydrogen-bond donors (Lipinski definition) is 1. The molecular weight excluding hydrogens is 256 g/mol. The van der Waals surface area contributed by atoms with Gasteiger partial charge in [0.1, 0.15) is 11.1 Å². The quantitative estimate of drug-likeness (QED) is 0.787. The third-order valence-corrected chi connectivity index (χ3v) is 3.90. The Bertz CT molecular complexity index is 484. The third kappa shape index (κ3) is 3.86. The van der Waals surface area contributed by atoms with Crippen LogP contribution in [0, 0.1) is 0 Å². The van der Waals surface area contributed by atoms with Crippen molar-refractivity contribution in [3.8, 4) is 0 Å². The molecule has 1 atom stereocenters. The van der Waals surface area contributed by atoms with Gasteiger partial charge in [0.25, 0.3) is 0 Å². The molecule has 3 nitrogen and oxygen atoms in total. The highest BCUT2D eigenvalue weighted by Crippen LogP contribution is 2.28. The molecule has 0 saturated carbocycles. The van der Waals surface area contributed by atoms with E-state index in [0.717, 1.165) is 30.1 Å². The molecule has 19 heavy (non-hydrogen) atoms. The number of thiazole rings is 1. The normalized spacial score (nSPS) is 12.5. The smallest absolute Gasteiger partial charge is 0.134 e. The molecule has 1 aromatic carbocycles. The summed E-state index contributed by atoms with van der Waals surface area (Å²) in [6.45, 7) is 4.10. The van der Waals surface area contributed by atoms with Crippen molar-refractivity contribution in [3.63, 3.8) is 0 Å². The van der Waals surface area contributed by atoms with Crippen molar-refractivity contribution in [1.82, 2.24) is 10.3 Å². The molecule has 0 amide bonds. The summed E-state index contributed by atoms with van der Waals surface area (Å²) in [6, 6.07) is 10.2. The summed E-state index contributed by atoms with van der Waals surface area (Å²) in [4.78, 5) is 5.75. The van der Waals surface area contributed by atoms with Crippen molar-refractivity contribution in [2.75, 3.05) is 13.7 Å². The minimum atomic E-state index is -0.0638. The Hall–Kier alpha value is -1.23. The summed E-state index contributed by atoms with van der Waals surface area (Å²) in [5.74, 6) is 0. The Kier molecular flexibility index (Phi) is 5.51. The lowest BCUT2D eigenvalue weighted by molar-refractivity contribution is 0.136. The van der Waals surface area contributed by atoms with Crippen molar-refractivity contribution in [1.29, 1.82) is 0 Å². The Labute approximate surface area is 118 Å². The van der Waals surface area contributed by atoms with Crippen LogP contribution < -0.4 is 5.32 Å². The van der Waals surface area contributed by atoms with Crippen LogP contribution in [0.25, 0.3) is 0 Å². The zero-order valence-electron chi connectivity index (χ0n) is 11.4. The monoisotopic (exact) mass is 276 g/mol. The second kappa shape index (κ2) is 7.38. The van der Waals surface area contributed by atoms with Crippen LogP contribution >= 0.6 is 11.3 Å². The molecule has 2 rings (SSSR count). The first-order chi connectivity index (χ1) is 9.35. The minimum absolute atomic E-state index is 0.0638. The predicted octanol–water partition coefficient (Wildman–Crippen LogP) is 3.38. The minimum Gasteiger partial charge on any atom is -0.370 e. The summed E-state index contributed by atoms with van der Waals surface area (Å²) in [5, 5.41) is 4.41. The summed E-state index contributed by atoms with van der Waals surface area (Å²) < 4.78 is 5.59. The van der Waals surface area contributed by atoms with Crippen molar-refractivity contribution < 1.29 is 4.74 Å². The Morgan fingerprint density at radius 2 is 2.11 bits per heavy atom. The van der Waals surface area contributed by atoms with Crippen molar-refractivity contribution in [3.05, 3.63) is 52.0 Å². The molecule has 0 saturated heterocycles. The summed E-state index contributed by atoms with van der Waals surface area (Å²) in [7, 11) is 1.73. The summed E-state index contributed by atoms with van der Waals surface area (Å²) >= 11 is 1.71. The van der Waals surface area contributed by atoms with E-state index in [2.05, 4.69) is 29.4 Å². The van der Waals surface area contributed by atoms with Gasteiger partial charge >= 0.3 is 0 Å². The summed E-state index contributed by atoms with van der Waals surface area (Å²) in [6.07, 6.45) is 3.03. The first-order valence-electron chi connectivity index (χ1n) is 6.58. The zero-order valence-corrected chi connectivity index (χ0v) is 12.2. The SMILES string of the molecule is CCCNCc1cnc(C(OC)c2ccccc2)s1. The van der Waals surface area contributed by atoms with Crippen LogP contribution in [-0.2, 0) is 11.3 Å². The van der Waals surface area contributed by atoms with Crippen LogP contribution in [0.2, 0.25) is 0 Å². The molecule has 0 bridgehead atoms. The van der Waals surface area contributed by atoms with Gasteiger partial charge in [-0.25, -0.2) is 4.98 Å². The summed E-state index contributed by atoms with van der Waals surface area (Å²) in [5.41, 5.74) is 1.15. The lowest BCUT2D eigenvalue weighted by Crippen LogP contribution is -2.12. The van der Waals surface area contributed by atoms with E-state index in [1.807, 2.05) is 24.4 Å². The lowest BCUT2D eigenvalue weighted by atomic mass is 10.1. The Balaban J connectivity index is 2.07. The highest BCUT2D eigenvalue weighted by molar-refractivity contribution is 7.11. The van der Waals surface area contributed by atoms with E-state index < -0.39 is 0 Å². The number of hydrogen-bond acceptors (Lipinski definition) is 4. The number of rotatable bonds is 7. The molecule has 4 heteroatoms. The second-order valence-corrected chi connectivity index (χ2v) is 5.51. The van der Waals surface area contributed by atoms with Crippen LogP contribution in [0.1, 0.15) is 34.9 Å². The van der Waals surface area contributed by atoms with Gasteiger partial charge in [-0.1, -0.05) is 37.3 Å². The number of ether oxygens (including phenoxy) is 1. The first-order valence-corrected chi connectivity index (χ1v) is 7.39. The van der Waals surface area contributed by atoms with Crippen molar-refractivity contribution in [2.24, 2.45) is 0 Å². The molecule has 1 aromatic heterocycles. The van der Waals surface area contributed by atoms with Crippen LogP contribution in [0.5, 0.6) is 0 Å². The molecule has 0 aliphatic heterocycles. The van der Waals surface area contributed by atoms with Gasteiger partial charge < -0.3 is 10.1 Å². The van der Waals surface area contributed by atoms with Crippen LogP contribution in [0.3, 0.4) is 0 Å². The molecule has 2 aromatic rings. The number of nitrogens with one attached hydrogen (secondary N) is 1. The van der Waals surface area contributed by atoms with Gasteiger partial charge in [0, 0.05) is 24.7 Å². The van der Waals surface area contributed by atoms with E-state index in [9.17, 15) is 0 Å². The van der Waals surface area contributed by atoms with Crippen LogP contribution in [0.4, 0.5) is 0 Å². The van der Waals surface area contributed by atoms with E-state index in [0.29, 0.717) is 0 Å². The molecule has 1 unspecified atom stereocenters. The average Bonchev–Trinajstić information content (AvgIpc) is 2.90. The van der Waals surface area contributed by atoms with E-state index in [-0.39, 0.29) is 6.10 Å². The molecule has 0 aliphatic carbocycles. The topological polar surface area (TPSA) is 34.2 Å². The van der Waals surface area contributed by atoms with Gasteiger partial charge in [-0.15, -0.1) is 11.3 Å². The molecule has 0 radical (unpaired) electrons. The fourth-order valence-corrected chi connectivity index (χ4v) is 2.91. The number of methoxy groups -OCH3 is 1. The average molecular weight is 276 g/mol. The number of nitrogens with zero attached hydrogens (tertiary/aromatic N) is 1.